The van der Waals surface area contributed by atoms with E-state index in [2.05, 4.69) is 170 Å². The van der Waals surface area contributed by atoms with Gasteiger partial charge in [0.25, 0.3) is 0 Å². The minimum Gasteiger partial charge on any atom is -0.246 e. The summed E-state index contributed by atoms with van der Waals surface area (Å²) < 4.78 is 2.49. The van der Waals surface area contributed by atoms with Crippen molar-refractivity contribution in [2.45, 2.75) is 0 Å². The summed E-state index contributed by atoms with van der Waals surface area (Å²) in [5.74, 6) is 0.701. The monoisotopic (exact) mass is 691 g/mol. The lowest BCUT2D eigenvalue weighted by molar-refractivity contribution is 1.18. The average molecular weight is 692 g/mol. The summed E-state index contributed by atoms with van der Waals surface area (Å²) in [5, 5.41) is 11.0. The summed E-state index contributed by atoms with van der Waals surface area (Å²) in [7, 11) is 0. The van der Waals surface area contributed by atoms with Crippen LogP contribution in [-0.4, -0.2) is 15.0 Å². The highest BCUT2D eigenvalue weighted by molar-refractivity contribution is 7.26. The van der Waals surface area contributed by atoms with E-state index in [1.165, 1.54) is 52.5 Å². The molecule has 0 aliphatic carbocycles. The molecule has 0 N–H and O–H groups in total. The van der Waals surface area contributed by atoms with Crippen molar-refractivity contribution in [1.82, 2.24) is 15.0 Å². The molecule has 3 nitrogen and oxygen atoms in total. The summed E-state index contributed by atoms with van der Waals surface area (Å²) in [6.07, 6.45) is 0. The number of rotatable bonds is 4. The Kier molecular flexibility index (Phi) is 6.73. The lowest BCUT2D eigenvalue weighted by Gasteiger charge is -2.13. The molecule has 4 heteroatoms. The van der Waals surface area contributed by atoms with Crippen molar-refractivity contribution >= 4 is 74.7 Å². The Morgan fingerprint density at radius 1 is 0.321 bits per heavy atom. The van der Waals surface area contributed by atoms with Gasteiger partial charge in [0, 0.05) is 43.1 Å². The molecular formula is C49H29N3S. The first-order chi connectivity index (χ1) is 26.3. The lowest BCUT2D eigenvalue weighted by Crippen LogP contribution is -1.96. The van der Waals surface area contributed by atoms with Crippen LogP contribution in [0.2, 0.25) is 0 Å². The van der Waals surface area contributed by atoms with E-state index >= 15 is 0 Å². The maximum atomic E-state index is 5.32. The molecule has 3 aromatic heterocycles. The van der Waals surface area contributed by atoms with Crippen molar-refractivity contribution in [3.8, 4) is 45.2 Å². The van der Waals surface area contributed by atoms with Gasteiger partial charge in [-0.25, -0.2) is 15.0 Å². The predicted molar refractivity (Wildman–Crippen MR) is 224 cm³/mol. The maximum Gasteiger partial charge on any atom is 0.160 e. The second kappa shape index (κ2) is 11.9. The summed E-state index contributed by atoms with van der Waals surface area (Å²) in [6.45, 7) is 0. The summed E-state index contributed by atoms with van der Waals surface area (Å²) in [6, 6.07) is 62.4. The van der Waals surface area contributed by atoms with Gasteiger partial charge in [0.1, 0.15) is 0 Å². The quantitative estimate of drug-likeness (QED) is 0.172. The molecule has 0 saturated carbocycles. The van der Waals surface area contributed by atoms with Crippen molar-refractivity contribution < 1.29 is 0 Å². The van der Waals surface area contributed by atoms with Crippen LogP contribution in [-0.2, 0) is 0 Å². The second-order valence-electron chi connectivity index (χ2n) is 13.5. The zero-order chi connectivity index (χ0) is 34.9. The van der Waals surface area contributed by atoms with E-state index in [1.54, 1.807) is 0 Å². The molecule has 0 radical (unpaired) electrons. The number of hydrogen-bond donors (Lipinski definition) is 0. The normalized spacial score (nSPS) is 11.8. The van der Waals surface area contributed by atoms with Gasteiger partial charge in [-0.1, -0.05) is 158 Å². The van der Waals surface area contributed by atoms with Crippen LogP contribution in [0.15, 0.2) is 176 Å². The van der Waals surface area contributed by atoms with E-state index < -0.39 is 0 Å². The van der Waals surface area contributed by atoms with Gasteiger partial charge in [0.2, 0.25) is 0 Å². The molecule has 0 amide bonds. The molecule has 0 unspecified atom stereocenters. The Hall–Kier alpha value is -6.75. The number of pyridine rings is 1. The molecule has 11 aromatic rings. The summed E-state index contributed by atoms with van der Waals surface area (Å²) in [5.41, 5.74) is 7.96. The third kappa shape index (κ3) is 4.84. The van der Waals surface area contributed by atoms with Crippen molar-refractivity contribution in [1.29, 1.82) is 0 Å². The van der Waals surface area contributed by atoms with Gasteiger partial charge in [-0.3, -0.25) is 0 Å². The smallest absolute Gasteiger partial charge is 0.160 e. The average Bonchev–Trinajstić information content (AvgIpc) is 3.62. The van der Waals surface area contributed by atoms with Gasteiger partial charge in [0.15, 0.2) is 5.82 Å². The van der Waals surface area contributed by atoms with Gasteiger partial charge >= 0.3 is 0 Å². The predicted octanol–water partition coefficient (Wildman–Crippen LogP) is 13.5. The molecule has 0 aliphatic heterocycles. The van der Waals surface area contributed by atoms with Gasteiger partial charge in [-0.05, 0) is 50.5 Å². The van der Waals surface area contributed by atoms with Crippen LogP contribution in [0.1, 0.15) is 0 Å². The number of nitrogens with zero attached hydrogens (tertiary/aromatic N) is 3. The molecule has 0 spiro atoms. The Bertz CT molecular complexity index is 3180. The standard InChI is InChI=1S/C49H29N3S/c1-2-12-30(13-3-1)43-29-44(51-49(50-43)33-26-27-38-36-16-5-4-14-34(36)35-15-6-7-17-37(35)42(38)28-33)31-22-24-32(25-23-31)46-39-18-8-9-19-40(39)48-47(52-46)41-20-10-11-21-45(41)53-48/h1-29H. The second-order valence-corrected chi connectivity index (χ2v) is 14.6. The Morgan fingerprint density at radius 2 is 0.811 bits per heavy atom. The Labute approximate surface area is 309 Å². The third-order valence-corrected chi connectivity index (χ3v) is 11.7. The van der Waals surface area contributed by atoms with Crippen molar-refractivity contribution in [2.75, 3.05) is 0 Å². The van der Waals surface area contributed by atoms with Crippen LogP contribution in [0.25, 0.3) is 109 Å². The van der Waals surface area contributed by atoms with Crippen LogP contribution in [0.3, 0.4) is 0 Å². The van der Waals surface area contributed by atoms with Crippen LogP contribution in [0, 0.1) is 0 Å². The fraction of sp³-hybridized carbons (Fsp3) is 0. The van der Waals surface area contributed by atoms with Crippen LogP contribution in [0.4, 0.5) is 0 Å². The van der Waals surface area contributed by atoms with E-state index in [0.717, 1.165) is 50.2 Å². The van der Waals surface area contributed by atoms with E-state index in [9.17, 15) is 0 Å². The lowest BCUT2D eigenvalue weighted by atomic mass is 9.93. The van der Waals surface area contributed by atoms with Crippen molar-refractivity contribution in [3.63, 3.8) is 0 Å². The minimum absolute atomic E-state index is 0.701. The zero-order valence-electron chi connectivity index (χ0n) is 28.5. The molecule has 11 rings (SSSR count). The first kappa shape index (κ1) is 29.9. The molecule has 0 aliphatic rings. The van der Waals surface area contributed by atoms with E-state index in [1.807, 2.05) is 17.4 Å². The number of aromatic nitrogens is 3. The van der Waals surface area contributed by atoms with Crippen LogP contribution in [0.5, 0.6) is 0 Å². The summed E-state index contributed by atoms with van der Waals surface area (Å²) >= 11 is 1.82. The van der Waals surface area contributed by atoms with Crippen molar-refractivity contribution in [3.05, 3.63) is 176 Å². The topological polar surface area (TPSA) is 38.7 Å². The Balaban J connectivity index is 1.07. The molecule has 53 heavy (non-hydrogen) atoms. The molecule has 0 saturated heterocycles. The van der Waals surface area contributed by atoms with Gasteiger partial charge < -0.3 is 0 Å². The van der Waals surface area contributed by atoms with E-state index in [-0.39, 0.29) is 0 Å². The van der Waals surface area contributed by atoms with Crippen molar-refractivity contribution in [2.24, 2.45) is 0 Å². The highest BCUT2D eigenvalue weighted by atomic mass is 32.1. The molecule has 0 bridgehead atoms. The molecule has 246 valence electrons. The molecule has 8 aromatic carbocycles. The fourth-order valence-electron chi connectivity index (χ4n) is 7.93. The minimum atomic E-state index is 0.701. The van der Waals surface area contributed by atoms with Gasteiger partial charge in [-0.2, -0.15) is 0 Å². The van der Waals surface area contributed by atoms with Crippen LogP contribution < -0.4 is 0 Å². The van der Waals surface area contributed by atoms with E-state index in [4.69, 9.17) is 15.0 Å². The molecule has 0 atom stereocenters. The number of fused-ring (bicyclic) bond motifs is 11. The highest BCUT2D eigenvalue weighted by Crippen LogP contribution is 2.41. The maximum absolute atomic E-state index is 5.32. The third-order valence-electron chi connectivity index (χ3n) is 10.5. The number of hydrogen-bond acceptors (Lipinski definition) is 4. The SMILES string of the molecule is c1ccc(-c2cc(-c3ccc(-c4nc5c6ccccc6sc5c5ccccc45)cc3)nc(-c3ccc4c5ccccc5c5ccccc5c4c3)n2)cc1. The molecule has 0 fully saturated rings. The van der Waals surface area contributed by atoms with Gasteiger partial charge in [-0.15, -0.1) is 11.3 Å². The summed E-state index contributed by atoms with van der Waals surface area (Å²) in [4.78, 5) is 15.7. The van der Waals surface area contributed by atoms with E-state index in [0.29, 0.717) is 5.82 Å². The fourth-order valence-corrected chi connectivity index (χ4v) is 9.11. The molecular weight excluding hydrogens is 663 g/mol. The van der Waals surface area contributed by atoms with Crippen LogP contribution >= 0.6 is 11.3 Å². The first-order valence-corrected chi connectivity index (χ1v) is 18.7. The molecule has 3 heterocycles. The first-order valence-electron chi connectivity index (χ1n) is 17.9. The largest absolute Gasteiger partial charge is 0.246 e. The highest BCUT2D eigenvalue weighted by Gasteiger charge is 2.17. The zero-order valence-corrected chi connectivity index (χ0v) is 29.3. The van der Waals surface area contributed by atoms with Gasteiger partial charge in [0.05, 0.1) is 27.3 Å². The number of benzene rings is 8. The number of thiophene rings is 1. The Morgan fingerprint density at radius 3 is 1.49 bits per heavy atom.